The predicted molar refractivity (Wildman–Crippen MR) is 107 cm³/mol. The zero-order chi connectivity index (χ0) is 19.3. The summed E-state index contributed by atoms with van der Waals surface area (Å²) in [5.41, 5.74) is 1.07. The fourth-order valence-corrected chi connectivity index (χ4v) is 2.85. The van der Waals surface area contributed by atoms with Crippen LogP contribution in [-0.2, 0) is 14.3 Å². The smallest absolute Gasteiger partial charge is 0.239 e. The highest BCUT2D eigenvalue weighted by Crippen LogP contribution is 2.29. The third-order valence-electron chi connectivity index (χ3n) is 4.67. The number of anilines is 3. The lowest BCUT2D eigenvalue weighted by Gasteiger charge is -2.31. The minimum Gasteiger partial charge on any atom is -0.378 e. The maximum absolute atomic E-state index is 12.9. The van der Waals surface area contributed by atoms with E-state index in [0.717, 1.165) is 18.8 Å². The van der Waals surface area contributed by atoms with Crippen molar-refractivity contribution in [1.29, 1.82) is 0 Å². The molecule has 1 aliphatic rings. The van der Waals surface area contributed by atoms with Crippen molar-refractivity contribution in [3.05, 3.63) is 54.6 Å². The number of amides is 2. The summed E-state index contributed by atoms with van der Waals surface area (Å²) in [4.78, 5) is 27.7. The highest BCUT2D eigenvalue weighted by Gasteiger charge is 2.36. The Morgan fingerprint density at radius 3 is 2.19 bits per heavy atom. The van der Waals surface area contributed by atoms with Crippen LogP contribution in [0.2, 0.25) is 0 Å². The van der Waals surface area contributed by atoms with Gasteiger partial charge in [0.05, 0.1) is 24.6 Å². The molecule has 0 aromatic heterocycles. The Balaban J connectivity index is 1.73. The van der Waals surface area contributed by atoms with Crippen LogP contribution >= 0.6 is 0 Å². The van der Waals surface area contributed by atoms with Crippen LogP contribution in [-0.4, -0.2) is 38.1 Å². The highest BCUT2D eigenvalue weighted by molar-refractivity contribution is 6.14. The summed E-state index contributed by atoms with van der Waals surface area (Å²) >= 11 is 0. The Morgan fingerprint density at radius 2 is 1.48 bits per heavy atom. The van der Waals surface area contributed by atoms with Gasteiger partial charge in [-0.2, -0.15) is 0 Å². The molecule has 2 N–H and O–H groups in total. The summed E-state index contributed by atoms with van der Waals surface area (Å²) in [5, 5.41) is 5.73. The average Bonchev–Trinajstić information content (AvgIpc) is 2.69. The number of nitrogens with zero attached hydrogens (tertiary/aromatic N) is 1. The maximum Gasteiger partial charge on any atom is 0.239 e. The quantitative estimate of drug-likeness (QED) is 0.797. The maximum atomic E-state index is 12.9. The molecule has 2 aromatic carbocycles. The molecule has 1 fully saturated rings. The number of rotatable bonds is 5. The molecular formula is C21H25N3O3. The number of para-hydroxylation sites is 3. The molecule has 2 amide bonds. The molecule has 6 heteroatoms. The minimum atomic E-state index is -1.23. The molecular weight excluding hydrogens is 342 g/mol. The summed E-state index contributed by atoms with van der Waals surface area (Å²) in [7, 11) is 0. The Labute approximate surface area is 159 Å². The monoisotopic (exact) mass is 367 g/mol. The van der Waals surface area contributed by atoms with Gasteiger partial charge in [-0.1, -0.05) is 30.3 Å². The Bertz CT molecular complexity index is 799. The van der Waals surface area contributed by atoms with Crippen molar-refractivity contribution in [2.75, 3.05) is 41.8 Å². The number of carbonyl (C=O) groups excluding carboxylic acids is 2. The van der Waals surface area contributed by atoms with Gasteiger partial charge in [0.2, 0.25) is 11.8 Å². The molecule has 6 nitrogen and oxygen atoms in total. The van der Waals surface area contributed by atoms with E-state index in [9.17, 15) is 9.59 Å². The lowest BCUT2D eigenvalue weighted by atomic mass is 9.90. The standard InChI is InChI=1S/C21H25N3O3/c1-21(2,19(25)22-16-8-4-3-5-9-16)20(26)23-17-10-6-7-11-18(17)24-12-14-27-15-13-24/h3-11H,12-15H2,1-2H3,(H,22,25)(H,23,26). The first-order valence-corrected chi connectivity index (χ1v) is 9.08. The average molecular weight is 367 g/mol. The lowest BCUT2D eigenvalue weighted by Crippen LogP contribution is -2.42. The first-order valence-electron chi connectivity index (χ1n) is 9.08. The molecule has 1 aliphatic heterocycles. The van der Waals surface area contributed by atoms with E-state index in [1.165, 1.54) is 0 Å². The van der Waals surface area contributed by atoms with Gasteiger partial charge in [0.25, 0.3) is 0 Å². The Morgan fingerprint density at radius 1 is 0.889 bits per heavy atom. The molecule has 2 aromatic rings. The summed E-state index contributed by atoms with van der Waals surface area (Å²) in [6.07, 6.45) is 0. The number of morpholine rings is 1. The van der Waals surface area contributed by atoms with Crippen molar-refractivity contribution < 1.29 is 14.3 Å². The van der Waals surface area contributed by atoms with E-state index in [-0.39, 0.29) is 11.8 Å². The van der Waals surface area contributed by atoms with Gasteiger partial charge in [-0.05, 0) is 38.1 Å². The van der Waals surface area contributed by atoms with Crippen LogP contribution in [0.5, 0.6) is 0 Å². The molecule has 0 saturated carbocycles. The number of hydrogen-bond donors (Lipinski definition) is 2. The van der Waals surface area contributed by atoms with E-state index in [1.54, 1.807) is 26.0 Å². The van der Waals surface area contributed by atoms with Crippen LogP contribution in [0, 0.1) is 5.41 Å². The van der Waals surface area contributed by atoms with E-state index >= 15 is 0 Å². The van der Waals surface area contributed by atoms with Crippen LogP contribution in [0.4, 0.5) is 17.1 Å². The fraction of sp³-hybridized carbons (Fsp3) is 0.333. The first kappa shape index (κ1) is 18.9. The third kappa shape index (κ3) is 4.46. The normalized spacial score (nSPS) is 14.5. The molecule has 0 unspecified atom stereocenters. The lowest BCUT2D eigenvalue weighted by molar-refractivity contribution is -0.135. The Hall–Kier alpha value is -2.86. The molecule has 0 bridgehead atoms. The molecule has 0 atom stereocenters. The SMILES string of the molecule is CC(C)(C(=O)Nc1ccccc1)C(=O)Nc1ccccc1N1CCOCC1. The van der Waals surface area contributed by atoms with Gasteiger partial charge in [0, 0.05) is 18.8 Å². The first-order chi connectivity index (χ1) is 13.0. The van der Waals surface area contributed by atoms with Crippen molar-refractivity contribution in [1.82, 2.24) is 0 Å². The van der Waals surface area contributed by atoms with Gasteiger partial charge >= 0.3 is 0 Å². The fourth-order valence-electron chi connectivity index (χ4n) is 2.85. The number of hydrogen-bond acceptors (Lipinski definition) is 4. The largest absolute Gasteiger partial charge is 0.378 e. The van der Waals surface area contributed by atoms with Crippen LogP contribution in [0.15, 0.2) is 54.6 Å². The molecule has 3 rings (SSSR count). The number of nitrogens with one attached hydrogen (secondary N) is 2. The zero-order valence-electron chi connectivity index (χ0n) is 15.7. The predicted octanol–water partition coefficient (Wildman–Crippen LogP) is 3.13. The van der Waals surface area contributed by atoms with E-state index in [2.05, 4.69) is 15.5 Å². The Kier molecular flexibility index (Phi) is 5.76. The van der Waals surface area contributed by atoms with Crippen LogP contribution < -0.4 is 15.5 Å². The van der Waals surface area contributed by atoms with Crippen LogP contribution in [0.3, 0.4) is 0 Å². The van der Waals surface area contributed by atoms with Gasteiger partial charge in [0.15, 0.2) is 0 Å². The molecule has 142 valence electrons. The number of ether oxygens (including phenoxy) is 1. The van der Waals surface area contributed by atoms with Gasteiger partial charge in [-0.25, -0.2) is 0 Å². The van der Waals surface area contributed by atoms with Crippen molar-refractivity contribution in [2.24, 2.45) is 5.41 Å². The molecule has 0 spiro atoms. The zero-order valence-corrected chi connectivity index (χ0v) is 15.7. The molecule has 0 aliphatic carbocycles. The molecule has 1 saturated heterocycles. The van der Waals surface area contributed by atoms with Crippen LogP contribution in [0.25, 0.3) is 0 Å². The van der Waals surface area contributed by atoms with Gasteiger partial charge in [-0.15, -0.1) is 0 Å². The van der Waals surface area contributed by atoms with Gasteiger partial charge in [0.1, 0.15) is 5.41 Å². The summed E-state index contributed by atoms with van der Waals surface area (Å²) in [5.74, 6) is -0.702. The second kappa shape index (κ2) is 8.22. The molecule has 0 radical (unpaired) electrons. The van der Waals surface area contributed by atoms with Crippen LogP contribution in [0.1, 0.15) is 13.8 Å². The van der Waals surface area contributed by atoms with E-state index in [4.69, 9.17) is 4.74 Å². The third-order valence-corrected chi connectivity index (χ3v) is 4.67. The molecule has 1 heterocycles. The summed E-state index contributed by atoms with van der Waals surface area (Å²) in [6.45, 7) is 6.10. The number of benzene rings is 2. The van der Waals surface area contributed by atoms with Crippen molar-refractivity contribution >= 4 is 28.9 Å². The van der Waals surface area contributed by atoms with E-state index in [0.29, 0.717) is 24.6 Å². The highest BCUT2D eigenvalue weighted by atomic mass is 16.5. The van der Waals surface area contributed by atoms with E-state index < -0.39 is 5.41 Å². The van der Waals surface area contributed by atoms with Gasteiger partial charge < -0.3 is 20.3 Å². The van der Waals surface area contributed by atoms with Crippen molar-refractivity contribution in [3.63, 3.8) is 0 Å². The summed E-state index contributed by atoms with van der Waals surface area (Å²) < 4.78 is 5.40. The second-order valence-corrected chi connectivity index (χ2v) is 7.02. The second-order valence-electron chi connectivity index (χ2n) is 7.02. The number of carbonyl (C=O) groups is 2. The van der Waals surface area contributed by atoms with E-state index in [1.807, 2.05) is 42.5 Å². The molecule has 27 heavy (non-hydrogen) atoms. The van der Waals surface area contributed by atoms with Crippen molar-refractivity contribution in [2.45, 2.75) is 13.8 Å². The topological polar surface area (TPSA) is 70.7 Å². The van der Waals surface area contributed by atoms with Gasteiger partial charge in [-0.3, -0.25) is 9.59 Å². The minimum absolute atomic E-state index is 0.350. The van der Waals surface area contributed by atoms with Crippen molar-refractivity contribution in [3.8, 4) is 0 Å². The summed E-state index contributed by atoms with van der Waals surface area (Å²) in [6, 6.07) is 16.8.